The van der Waals surface area contributed by atoms with Crippen molar-refractivity contribution in [3.05, 3.63) is 29.3 Å². The Kier molecular flexibility index (Phi) is 4.27. The fraction of sp³-hybridized carbons (Fsp3) is 0.467. The highest BCUT2D eigenvalue weighted by atomic mass is 16.3. The standard InChI is InChI=1S/C15H20N2O3/c1-10-6-7-11(8-13(10)18)15(20)17(9-14(16)19)12-4-2-3-5-12/h6-8,12,18H,2-5,9H2,1H3,(H2,16,19). The molecule has 0 unspecified atom stereocenters. The zero-order valence-electron chi connectivity index (χ0n) is 11.6. The highest BCUT2D eigenvalue weighted by Gasteiger charge is 2.28. The maximum Gasteiger partial charge on any atom is 0.254 e. The van der Waals surface area contributed by atoms with Crippen molar-refractivity contribution >= 4 is 11.8 Å². The molecule has 0 heterocycles. The van der Waals surface area contributed by atoms with Gasteiger partial charge < -0.3 is 15.7 Å². The normalized spacial score (nSPS) is 15.2. The van der Waals surface area contributed by atoms with E-state index >= 15 is 0 Å². The molecule has 20 heavy (non-hydrogen) atoms. The molecule has 0 saturated heterocycles. The van der Waals surface area contributed by atoms with Crippen molar-refractivity contribution in [1.82, 2.24) is 4.90 Å². The van der Waals surface area contributed by atoms with E-state index in [1.54, 1.807) is 24.0 Å². The molecule has 5 nitrogen and oxygen atoms in total. The lowest BCUT2D eigenvalue weighted by Crippen LogP contribution is -2.44. The Morgan fingerprint density at radius 1 is 1.35 bits per heavy atom. The van der Waals surface area contributed by atoms with Gasteiger partial charge in [0.1, 0.15) is 5.75 Å². The predicted molar refractivity (Wildman–Crippen MR) is 75.3 cm³/mol. The summed E-state index contributed by atoms with van der Waals surface area (Å²) in [5, 5.41) is 9.72. The second-order valence-electron chi connectivity index (χ2n) is 5.34. The van der Waals surface area contributed by atoms with E-state index in [-0.39, 0.29) is 24.2 Å². The second-order valence-corrected chi connectivity index (χ2v) is 5.34. The molecule has 0 bridgehead atoms. The maximum absolute atomic E-state index is 12.5. The van der Waals surface area contributed by atoms with Gasteiger partial charge in [-0.25, -0.2) is 0 Å². The first-order valence-corrected chi connectivity index (χ1v) is 6.88. The summed E-state index contributed by atoms with van der Waals surface area (Å²) in [7, 11) is 0. The summed E-state index contributed by atoms with van der Waals surface area (Å²) in [5.74, 6) is -0.672. The number of rotatable bonds is 4. The minimum absolute atomic E-state index is 0.0680. The Labute approximate surface area is 118 Å². The molecule has 1 aliphatic carbocycles. The summed E-state index contributed by atoms with van der Waals surface area (Å²) < 4.78 is 0. The number of nitrogens with zero attached hydrogens (tertiary/aromatic N) is 1. The lowest BCUT2D eigenvalue weighted by Gasteiger charge is -2.28. The molecule has 1 saturated carbocycles. The number of carbonyl (C=O) groups excluding carboxylic acids is 2. The molecule has 3 N–H and O–H groups in total. The third-order valence-corrected chi connectivity index (χ3v) is 3.81. The van der Waals surface area contributed by atoms with Crippen molar-refractivity contribution in [2.75, 3.05) is 6.54 Å². The molecule has 0 spiro atoms. The van der Waals surface area contributed by atoms with Crippen LogP contribution in [0.5, 0.6) is 5.75 Å². The van der Waals surface area contributed by atoms with Gasteiger partial charge >= 0.3 is 0 Å². The largest absolute Gasteiger partial charge is 0.508 e. The Hall–Kier alpha value is -2.04. The predicted octanol–water partition coefficient (Wildman–Crippen LogP) is 1.57. The van der Waals surface area contributed by atoms with Crippen LogP contribution in [0.3, 0.4) is 0 Å². The van der Waals surface area contributed by atoms with Gasteiger partial charge in [0, 0.05) is 11.6 Å². The zero-order valence-corrected chi connectivity index (χ0v) is 11.6. The van der Waals surface area contributed by atoms with Crippen LogP contribution in [-0.2, 0) is 4.79 Å². The molecule has 0 aliphatic heterocycles. The average molecular weight is 276 g/mol. The quantitative estimate of drug-likeness (QED) is 0.875. The van der Waals surface area contributed by atoms with Crippen LogP contribution in [0, 0.1) is 6.92 Å². The first kappa shape index (κ1) is 14.4. The van der Waals surface area contributed by atoms with E-state index in [2.05, 4.69) is 0 Å². The third kappa shape index (κ3) is 3.10. The van der Waals surface area contributed by atoms with E-state index in [0.717, 1.165) is 25.7 Å². The van der Waals surface area contributed by atoms with Gasteiger partial charge in [0.05, 0.1) is 6.54 Å². The zero-order chi connectivity index (χ0) is 14.7. The molecule has 1 fully saturated rings. The lowest BCUT2D eigenvalue weighted by molar-refractivity contribution is -0.119. The van der Waals surface area contributed by atoms with Crippen molar-refractivity contribution in [3.63, 3.8) is 0 Å². The van der Waals surface area contributed by atoms with Crippen molar-refractivity contribution in [3.8, 4) is 5.75 Å². The number of carbonyl (C=O) groups is 2. The third-order valence-electron chi connectivity index (χ3n) is 3.81. The molecule has 1 aromatic carbocycles. The van der Waals surface area contributed by atoms with E-state index in [0.29, 0.717) is 11.1 Å². The van der Waals surface area contributed by atoms with Crippen molar-refractivity contribution in [2.45, 2.75) is 38.6 Å². The molecular formula is C15H20N2O3. The number of hydrogen-bond donors (Lipinski definition) is 2. The van der Waals surface area contributed by atoms with Gasteiger partial charge in [-0.05, 0) is 37.5 Å². The number of phenols is 1. The topological polar surface area (TPSA) is 83.6 Å². The molecule has 2 amide bonds. The van der Waals surface area contributed by atoms with Gasteiger partial charge in [-0.15, -0.1) is 0 Å². The highest BCUT2D eigenvalue weighted by molar-refractivity contribution is 5.97. The number of primary amides is 1. The van der Waals surface area contributed by atoms with Gasteiger partial charge in [0.2, 0.25) is 5.91 Å². The van der Waals surface area contributed by atoms with Crippen LogP contribution in [0.1, 0.15) is 41.6 Å². The van der Waals surface area contributed by atoms with Crippen LogP contribution in [0.4, 0.5) is 0 Å². The number of benzene rings is 1. The number of aryl methyl sites for hydroxylation is 1. The SMILES string of the molecule is Cc1ccc(C(=O)N(CC(N)=O)C2CCCC2)cc1O. The first-order chi connectivity index (χ1) is 9.49. The minimum atomic E-state index is -0.512. The summed E-state index contributed by atoms with van der Waals surface area (Å²) in [6.07, 6.45) is 3.92. The van der Waals surface area contributed by atoms with Crippen LogP contribution < -0.4 is 5.73 Å². The minimum Gasteiger partial charge on any atom is -0.508 e. The van der Waals surface area contributed by atoms with E-state index < -0.39 is 5.91 Å². The second kappa shape index (κ2) is 5.94. The summed E-state index contributed by atoms with van der Waals surface area (Å²) in [6.45, 7) is 1.69. The molecular weight excluding hydrogens is 256 g/mol. The van der Waals surface area contributed by atoms with Crippen LogP contribution in [0.15, 0.2) is 18.2 Å². The van der Waals surface area contributed by atoms with Gasteiger partial charge in [-0.2, -0.15) is 0 Å². The van der Waals surface area contributed by atoms with Crippen molar-refractivity contribution in [1.29, 1.82) is 0 Å². The molecule has 0 atom stereocenters. The average Bonchev–Trinajstić information content (AvgIpc) is 2.92. The summed E-state index contributed by atoms with van der Waals surface area (Å²) in [4.78, 5) is 25.3. The molecule has 108 valence electrons. The highest BCUT2D eigenvalue weighted by Crippen LogP contribution is 2.26. The molecule has 1 aliphatic rings. The van der Waals surface area contributed by atoms with Crippen LogP contribution in [0.2, 0.25) is 0 Å². The Morgan fingerprint density at radius 3 is 2.55 bits per heavy atom. The van der Waals surface area contributed by atoms with Gasteiger partial charge in [-0.1, -0.05) is 18.9 Å². The summed E-state index contributed by atoms with van der Waals surface area (Å²) in [6, 6.07) is 4.87. The van der Waals surface area contributed by atoms with E-state index in [1.807, 2.05) is 0 Å². The Bertz CT molecular complexity index is 522. The van der Waals surface area contributed by atoms with E-state index in [9.17, 15) is 14.7 Å². The monoisotopic (exact) mass is 276 g/mol. The van der Waals surface area contributed by atoms with Gasteiger partial charge in [-0.3, -0.25) is 9.59 Å². The number of nitrogens with two attached hydrogens (primary N) is 1. The fourth-order valence-electron chi connectivity index (χ4n) is 2.66. The van der Waals surface area contributed by atoms with Crippen LogP contribution >= 0.6 is 0 Å². The smallest absolute Gasteiger partial charge is 0.254 e. The number of hydrogen-bond acceptors (Lipinski definition) is 3. The molecule has 0 radical (unpaired) electrons. The van der Waals surface area contributed by atoms with Gasteiger partial charge in [0.15, 0.2) is 0 Å². The summed E-state index contributed by atoms with van der Waals surface area (Å²) in [5.41, 5.74) is 6.35. The number of phenolic OH excluding ortho intramolecular Hbond substituents is 1. The fourth-order valence-corrected chi connectivity index (χ4v) is 2.66. The molecule has 0 aromatic heterocycles. The first-order valence-electron chi connectivity index (χ1n) is 6.88. The molecule has 5 heteroatoms. The van der Waals surface area contributed by atoms with E-state index in [1.165, 1.54) is 6.07 Å². The van der Waals surface area contributed by atoms with Crippen molar-refractivity contribution < 1.29 is 14.7 Å². The summed E-state index contributed by atoms with van der Waals surface area (Å²) >= 11 is 0. The maximum atomic E-state index is 12.5. The number of aromatic hydroxyl groups is 1. The van der Waals surface area contributed by atoms with Crippen LogP contribution in [0.25, 0.3) is 0 Å². The lowest BCUT2D eigenvalue weighted by atomic mass is 10.1. The Morgan fingerprint density at radius 2 is 2.00 bits per heavy atom. The molecule has 1 aromatic rings. The van der Waals surface area contributed by atoms with E-state index in [4.69, 9.17) is 5.73 Å². The molecule has 2 rings (SSSR count). The van der Waals surface area contributed by atoms with Crippen molar-refractivity contribution in [2.24, 2.45) is 5.73 Å². The number of amides is 2. The Balaban J connectivity index is 2.24. The van der Waals surface area contributed by atoms with Gasteiger partial charge in [0.25, 0.3) is 5.91 Å². The van der Waals surface area contributed by atoms with Crippen LogP contribution in [-0.4, -0.2) is 34.4 Å².